The molecule has 0 amide bonds. The van der Waals surface area contributed by atoms with E-state index >= 15 is 0 Å². The fraction of sp³-hybridized carbons (Fsp3) is 0.200. The number of aromatic amines is 1. The lowest BCUT2D eigenvalue weighted by atomic mass is 10.2. The second-order valence-electron chi connectivity index (χ2n) is 4.75. The number of aromatic nitrogens is 4. The van der Waals surface area contributed by atoms with Gasteiger partial charge in [-0.1, -0.05) is 12.1 Å². The van der Waals surface area contributed by atoms with E-state index in [0.717, 1.165) is 29.3 Å². The van der Waals surface area contributed by atoms with Crippen LogP contribution in [0.4, 0.5) is 5.69 Å². The van der Waals surface area contributed by atoms with Crippen LogP contribution >= 0.6 is 0 Å². The Hall–Kier alpha value is -2.56. The molecule has 0 saturated carbocycles. The van der Waals surface area contributed by atoms with Crippen LogP contribution in [0.2, 0.25) is 0 Å². The summed E-state index contributed by atoms with van der Waals surface area (Å²) in [7, 11) is 0. The third-order valence-electron chi connectivity index (χ3n) is 3.42. The summed E-state index contributed by atoms with van der Waals surface area (Å²) in [5.41, 5.74) is 5.52. The summed E-state index contributed by atoms with van der Waals surface area (Å²) >= 11 is 0. The van der Waals surface area contributed by atoms with Gasteiger partial charge in [0, 0.05) is 30.2 Å². The first-order valence-corrected chi connectivity index (χ1v) is 6.57. The smallest absolute Gasteiger partial charge is 0.0992 e. The number of anilines is 1. The number of hydrogen-bond acceptors (Lipinski definition) is 3. The van der Waals surface area contributed by atoms with Crippen LogP contribution in [0, 0.1) is 13.8 Å². The first-order valence-electron chi connectivity index (χ1n) is 6.57. The molecule has 5 heteroatoms. The molecule has 102 valence electrons. The predicted molar refractivity (Wildman–Crippen MR) is 79.0 cm³/mol. The number of para-hydroxylation sites is 2. The third-order valence-corrected chi connectivity index (χ3v) is 3.42. The first kappa shape index (κ1) is 12.5. The van der Waals surface area contributed by atoms with Gasteiger partial charge in [-0.05, 0) is 26.0 Å². The van der Waals surface area contributed by atoms with Crippen molar-refractivity contribution in [1.82, 2.24) is 19.7 Å². The number of nitrogens with zero attached hydrogens (tertiary/aromatic N) is 3. The van der Waals surface area contributed by atoms with Crippen molar-refractivity contribution < 1.29 is 0 Å². The minimum atomic E-state index is 0.750. The zero-order valence-electron chi connectivity index (χ0n) is 11.6. The van der Waals surface area contributed by atoms with Gasteiger partial charge >= 0.3 is 0 Å². The molecular weight excluding hydrogens is 250 g/mol. The van der Waals surface area contributed by atoms with Gasteiger partial charge < -0.3 is 9.88 Å². The Bertz CT molecular complexity index is 677. The molecule has 20 heavy (non-hydrogen) atoms. The van der Waals surface area contributed by atoms with Crippen molar-refractivity contribution in [3.05, 3.63) is 59.9 Å². The SMILES string of the molecule is Cc1n[nH]c(C)c1CNc1ccccc1-n1ccnc1. The summed E-state index contributed by atoms with van der Waals surface area (Å²) in [5, 5.41) is 10.7. The van der Waals surface area contributed by atoms with Crippen LogP contribution in [0.1, 0.15) is 17.0 Å². The van der Waals surface area contributed by atoms with Gasteiger partial charge in [-0.25, -0.2) is 4.98 Å². The predicted octanol–water partition coefficient (Wildman–Crippen LogP) is 2.82. The van der Waals surface area contributed by atoms with Crippen LogP contribution < -0.4 is 5.32 Å². The second kappa shape index (κ2) is 5.21. The van der Waals surface area contributed by atoms with Gasteiger partial charge in [0.15, 0.2) is 0 Å². The summed E-state index contributed by atoms with van der Waals surface area (Å²) in [6.45, 7) is 4.81. The molecule has 0 atom stereocenters. The van der Waals surface area contributed by atoms with E-state index in [4.69, 9.17) is 0 Å². The quantitative estimate of drug-likeness (QED) is 0.764. The maximum atomic E-state index is 4.22. The van der Waals surface area contributed by atoms with Crippen LogP contribution in [-0.4, -0.2) is 19.7 Å². The molecule has 0 aliphatic heterocycles. The van der Waals surface area contributed by atoms with Gasteiger partial charge in [0.2, 0.25) is 0 Å². The molecule has 0 bridgehead atoms. The maximum absolute atomic E-state index is 4.22. The maximum Gasteiger partial charge on any atom is 0.0992 e. The van der Waals surface area contributed by atoms with Crippen LogP contribution in [0.5, 0.6) is 0 Å². The van der Waals surface area contributed by atoms with E-state index in [1.165, 1.54) is 5.56 Å². The zero-order chi connectivity index (χ0) is 13.9. The fourth-order valence-corrected chi connectivity index (χ4v) is 2.27. The van der Waals surface area contributed by atoms with E-state index in [2.05, 4.69) is 32.6 Å². The lowest BCUT2D eigenvalue weighted by Crippen LogP contribution is -2.05. The van der Waals surface area contributed by atoms with Gasteiger partial charge in [-0.3, -0.25) is 5.10 Å². The normalized spacial score (nSPS) is 10.7. The third kappa shape index (κ3) is 2.30. The zero-order valence-corrected chi connectivity index (χ0v) is 11.6. The molecule has 3 rings (SSSR count). The summed E-state index contributed by atoms with van der Waals surface area (Å²) in [4.78, 5) is 4.10. The highest BCUT2D eigenvalue weighted by molar-refractivity contribution is 5.61. The molecule has 5 nitrogen and oxygen atoms in total. The number of benzene rings is 1. The van der Waals surface area contributed by atoms with Crippen LogP contribution in [-0.2, 0) is 6.54 Å². The van der Waals surface area contributed by atoms with Crippen molar-refractivity contribution in [2.75, 3.05) is 5.32 Å². The largest absolute Gasteiger partial charge is 0.379 e. The Morgan fingerprint density at radius 2 is 2.10 bits per heavy atom. The van der Waals surface area contributed by atoms with Crippen LogP contribution in [0.15, 0.2) is 43.0 Å². The number of rotatable bonds is 4. The number of hydrogen-bond donors (Lipinski definition) is 2. The van der Waals surface area contributed by atoms with E-state index < -0.39 is 0 Å². The molecule has 0 unspecified atom stereocenters. The van der Waals surface area contributed by atoms with Crippen molar-refractivity contribution in [3.8, 4) is 5.69 Å². The molecular formula is C15H17N5. The lowest BCUT2D eigenvalue weighted by Gasteiger charge is -2.12. The average molecular weight is 267 g/mol. The molecule has 1 aromatic carbocycles. The minimum absolute atomic E-state index is 0.750. The summed E-state index contributed by atoms with van der Waals surface area (Å²) in [6, 6.07) is 8.19. The summed E-state index contributed by atoms with van der Waals surface area (Å²) in [6.07, 6.45) is 5.52. The highest BCUT2D eigenvalue weighted by Gasteiger charge is 2.08. The molecule has 0 aliphatic carbocycles. The molecule has 0 spiro atoms. The molecule has 2 aromatic heterocycles. The Kier molecular flexibility index (Phi) is 3.25. The van der Waals surface area contributed by atoms with Crippen LogP contribution in [0.3, 0.4) is 0 Å². The van der Waals surface area contributed by atoms with E-state index in [9.17, 15) is 0 Å². The standard InChI is InChI=1S/C15H17N5/c1-11-13(12(2)19-18-11)9-17-14-5-3-4-6-15(14)20-8-7-16-10-20/h3-8,10,17H,9H2,1-2H3,(H,18,19). The van der Waals surface area contributed by atoms with Gasteiger partial charge in [0.05, 0.1) is 23.4 Å². The van der Waals surface area contributed by atoms with E-state index in [1.54, 1.807) is 12.5 Å². The van der Waals surface area contributed by atoms with E-state index in [-0.39, 0.29) is 0 Å². The molecule has 0 saturated heterocycles. The number of H-pyrrole nitrogens is 1. The van der Waals surface area contributed by atoms with Gasteiger partial charge in [-0.2, -0.15) is 5.10 Å². The van der Waals surface area contributed by atoms with Crippen LogP contribution in [0.25, 0.3) is 5.69 Å². The summed E-state index contributed by atoms with van der Waals surface area (Å²) < 4.78 is 2.00. The Labute approximate surface area is 117 Å². The Morgan fingerprint density at radius 1 is 1.25 bits per heavy atom. The van der Waals surface area contributed by atoms with Gasteiger partial charge in [-0.15, -0.1) is 0 Å². The number of imidazole rings is 1. The molecule has 2 N–H and O–H groups in total. The lowest BCUT2D eigenvalue weighted by molar-refractivity contribution is 1.02. The highest BCUT2D eigenvalue weighted by Crippen LogP contribution is 2.21. The molecule has 0 fully saturated rings. The number of aryl methyl sites for hydroxylation is 2. The molecule has 0 aliphatic rings. The second-order valence-corrected chi connectivity index (χ2v) is 4.75. The van der Waals surface area contributed by atoms with E-state index in [1.807, 2.05) is 36.7 Å². The monoisotopic (exact) mass is 267 g/mol. The van der Waals surface area contributed by atoms with Crippen molar-refractivity contribution in [3.63, 3.8) is 0 Å². The van der Waals surface area contributed by atoms with Gasteiger partial charge in [0.1, 0.15) is 0 Å². The molecule has 0 radical (unpaired) electrons. The topological polar surface area (TPSA) is 58.5 Å². The molecule has 2 heterocycles. The van der Waals surface area contributed by atoms with Crippen molar-refractivity contribution in [2.45, 2.75) is 20.4 Å². The molecule has 3 aromatic rings. The minimum Gasteiger partial charge on any atom is -0.379 e. The number of nitrogens with one attached hydrogen (secondary N) is 2. The fourth-order valence-electron chi connectivity index (χ4n) is 2.27. The Morgan fingerprint density at radius 3 is 2.80 bits per heavy atom. The average Bonchev–Trinajstić information content (AvgIpc) is 3.09. The van der Waals surface area contributed by atoms with Crippen molar-refractivity contribution in [2.24, 2.45) is 0 Å². The summed E-state index contributed by atoms with van der Waals surface area (Å²) in [5.74, 6) is 0. The van der Waals surface area contributed by atoms with E-state index in [0.29, 0.717) is 0 Å². The highest BCUT2D eigenvalue weighted by atomic mass is 15.1. The van der Waals surface area contributed by atoms with Gasteiger partial charge in [0.25, 0.3) is 0 Å². The van der Waals surface area contributed by atoms with Crippen molar-refractivity contribution >= 4 is 5.69 Å². The Balaban J connectivity index is 1.85. The van der Waals surface area contributed by atoms with Crippen molar-refractivity contribution in [1.29, 1.82) is 0 Å². The first-order chi connectivity index (χ1) is 9.75.